The van der Waals surface area contributed by atoms with E-state index in [0.29, 0.717) is 12.1 Å². The van der Waals surface area contributed by atoms with E-state index in [2.05, 4.69) is 34.2 Å². The van der Waals surface area contributed by atoms with Gasteiger partial charge in [-0.25, -0.2) is 4.39 Å². The number of halogens is 2. The van der Waals surface area contributed by atoms with Crippen LogP contribution in [0.4, 0.5) is 10.1 Å². The summed E-state index contributed by atoms with van der Waals surface area (Å²) in [7, 11) is 0. The highest BCUT2D eigenvalue weighted by Gasteiger charge is 2.03. The Morgan fingerprint density at radius 1 is 1.11 bits per heavy atom. The van der Waals surface area contributed by atoms with Gasteiger partial charge in [0.05, 0.1) is 0 Å². The maximum atomic E-state index is 13.5. The molecule has 3 heteroatoms. The van der Waals surface area contributed by atoms with E-state index >= 15 is 0 Å². The third-order valence-electron chi connectivity index (χ3n) is 2.88. The van der Waals surface area contributed by atoms with Crippen LogP contribution in [0.1, 0.15) is 18.1 Å². The molecule has 0 atom stereocenters. The van der Waals surface area contributed by atoms with Crippen LogP contribution in [0.25, 0.3) is 0 Å². The van der Waals surface area contributed by atoms with Crippen molar-refractivity contribution >= 4 is 21.6 Å². The summed E-state index contributed by atoms with van der Waals surface area (Å²) in [6, 6.07) is 12.9. The molecule has 0 saturated heterocycles. The van der Waals surface area contributed by atoms with Crippen molar-refractivity contribution in [1.29, 1.82) is 0 Å². The third-order valence-corrected chi connectivity index (χ3v) is 3.37. The zero-order chi connectivity index (χ0) is 13.0. The molecule has 0 radical (unpaired) electrons. The first-order valence-electron chi connectivity index (χ1n) is 5.96. The minimum absolute atomic E-state index is 0.167. The fraction of sp³-hybridized carbons (Fsp3) is 0.200. The Morgan fingerprint density at radius 2 is 1.89 bits per heavy atom. The Hall–Kier alpha value is -1.35. The maximum Gasteiger partial charge on any atom is 0.128 e. The molecule has 0 fully saturated rings. The molecule has 94 valence electrons. The largest absolute Gasteiger partial charge is 0.381 e. The van der Waals surface area contributed by atoms with Crippen LogP contribution in [-0.2, 0) is 13.0 Å². The van der Waals surface area contributed by atoms with Crippen LogP contribution in [0.5, 0.6) is 0 Å². The van der Waals surface area contributed by atoms with Crippen molar-refractivity contribution in [2.24, 2.45) is 0 Å². The average molecular weight is 308 g/mol. The Bertz CT molecular complexity index is 540. The van der Waals surface area contributed by atoms with Crippen LogP contribution in [0, 0.1) is 5.82 Å². The van der Waals surface area contributed by atoms with Crippen molar-refractivity contribution in [3.8, 4) is 0 Å². The maximum absolute atomic E-state index is 13.5. The monoisotopic (exact) mass is 307 g/mol. The molecule has 0 aromatic heterocycles. The van der Waals surface area contributed by atoms with Crippen LogP contribution in [0.15, 0.2) is 46.9 Å². The van der Waals surface area contributed by atoms with Gasteiger partial charge >= 0.3 is 0 Å². The predicted molar refractivity (Wildman–Crippen MR) is 77.2 cm³/mol. The number of hydrogen-bond donors (Lipinski definition) is 1. The van der Waals surface area contributed by atoms with Gasteiger partial charge in [0.1, 0.15) is 5.82 Å². The molecular formula is C15H15BrFN. The second-order valence-electron chi connectivity index (χ2n) is 4.10. The van der Waals surface area contributed by atoms with Gasteiger partial charge in [0.2, 0.25) is 0 Å². The van der Waals surface area contributed by atoms with Gasteiger partial charge < -0.3 is 5.32 Å². The van der Waals surface area contributed by atoms with Crippen molar-refractivity contribution in [3.05, 3.63) is 63.9 Å². The van der Waals surface area contributed by atoms with Crippen molar-refractivity contribution in [1.82, 2.24) is 0 Å². The molecule has 2 aromatic rings. The first-order chi connectivity index (χ1) is 8.70. The van der Waals surface area contributed by atoms with E-state index in [1.54, 1.807) is 12.1 Å². The van der Waals surface area contributed by atoms with Crippen LogP contribution >= 0.6 is 15.9 Å². The van der Waals surface area contributed by atoms with Crippen LogP contribution in [-0.4, -0.2) is 0 Å². The Morgan fingerprint density at radius 3 is 2.61 bits per heavy atom. The summed E-state index contributed by atoms with van der Waals surface area (Å²) in [5, 5.41) is 3.29. The molecule has 0 saturated carbocycles. The van der Waals surface area contributed by atoms with Crippen LogP contribution < -0.4 is 5.32 Å². The van der Waals surface area contributed by atoms with E-state index in [0.717, 1.165) is 16.6 Å². The lowest BCUT2D eigenvalue weighted by Gasteiger charge is -2.12. The zero-order valence-corrected chi connectivity index (χ0v) is 11.8. The molecule has 0 aliphatic heterocycles. The topological polar surface area (TPSA) is 12.0 Å². The quantitative estimate of drug-likeness (QED) is 0.858. The first kappa shape index (κ1) is 13.1. The Kier molecular flexibility index (Phi) is 4.37. The van der Waals surface area contributed by atoms with E-state index in [-0.39, 0.29) is 5.82 Å². The number of benzene rings is 2. The molecule has 0 heterocycles. The number of rotatable bonds is 4. The standard InChI is InChI=1S/C15H15BrFN/c1-2-11-9-13(16)7-8-15(11)18-10-12-5-3-4-6-14(12)17/h3-9,18H,2,10H2,1H3. The average Bonchev–Trinajstić information content (AvgIpc) is 2.39. The number of anilines is 1. The third kappa shape index (κ3) is 3.10. The molecule has 2 aromatic carbocycles. The van der Waals surface area contributed by atoms with Crippen molar-refractivity contribution in [2.75, 3.05) is 5.32 Å². The van der Waals surface area contributed by atoms with Crippen LogP contribution in [0.3, 0.4) is 0 Å². The molecule has 0 aliphatic carbocycles. The Balaban J connectivity index is 2.13. The van der Waals surface area contributed by atoms with Gasteiger partial charge in [0.25, 0.3) is 0 Å². The second kappa shape index (κ2) is 6.01. The van der Waals surface area contributed by atoms with E-state index in [1.165, 1.54) is 11.6 Å². The van der Waals surface area contributed by atoms with E-state index in [4.69, 9.17) is 0 Å². The van der Waals surface area contributed by atoms with Crippen molar-refractivity contribution in [2.45, 2.75) is 19.9 Å². The van der Waals surface area contributed by atoms with Gasteiger partial charge in [-0.15, -0.1) is 0 Å². The SMILES string of the molecule is CCc1cc(Br)ccc1NCc1ccccc1F. The Labute approximate surface area is 115 Å². The van der Waals surface area contributed by atoms with E-state index < -0.39 is 0 Å². The predicted octanol–water partition coefficient (Wildman–Crippen LogP) is 4.76. The lowest BCUT2D eigenvalue weighted by atomic mass is 10.1. The second-order valence-corrected chi connectivity index (χ2v) is 5.02. The fourth-order valence-electron chi connectivity index (χ4n) is 1.86. The van der Waals surface area contributed by atoms with Crippen LogP contribution in [0.2, 0.25) is 0 Å². The van der Waals surface area contributed by atoms with Crippen molar-refractivity contribution in [3.63, 3.8) is 0 Å². The minimum atomic E-state index is -0.167. The summed E-state index contributed by atoms with van der Waals surface area (Å²) in [5.74, 6) is -0.167. The normalized spacial score (nSPS) is 10.4. The molecule has 0 unspecified atom stereocenters. The van der Waals surface area contributed by atoms with Gasteiger partial charge in [0, 0.05) is 22.3 Å². The van der Waals surface area contributed by atoms with Gasteiger partial charge in [-0.3, -0.25) is 0 Å². The summed E-state index contributed by atoms with van der Waals surface area (Å²) >= 11 is 3.46. The zero-order valence-electron chi connectivity index (χ0n) is 10.2. The molecule has 0 aliphatic rings. The van der Waals surface area contributed by atoms with Gasteiger partial charge in [-0.1, -0.05) is 41.1 Å². The highest BCUT2D eigenvalue weighted by Crippen LogP contribution is 2.22. The molecule has 0 amide bonds. The number of aryl methyl sites for hydroxylation is 1. The summed E-state index contributed by atoms with van der Waals surface area (Å²) in [4.78, 5) is 0. The smallest absolute Gasteiger partial charge is 0.128 e. The molecule has 0 bridgehead atoms. The summed E-state index contributed by atoms with van der Waals surface area (Å²) < 4.78 is 14.6. The molecule has 1 N–H and O–H groups in total. The van der Waals surface area contributed by atoms with E-state index in [1.807, 2.05) is 18.2 Å². The highest BCUT2D eigenvalue weighted by atomic mass is 79.9. The molecule has 1 nitrogen and oxygen atoms in total. The first-order valence-corrected chi connectivity index (χ1v) is 6.75. The number of nitrogens with one attached hydrogen (secondary N) is 1. The fourth-order valence-corrected chi connectivity index (χ4v) is 2.27. The number of hydrogen-bond acceptors (Lipinski definition) is 1. The van der Waals surface area contributed by atoms with Crippen molar-refractivity contribution < 1.29 is 4.39 Å². The van der Waals surface area contributed by atoms with Gasteiger partial charge in [-0.05, 0) is 36.2 Å². The summed E-state index contributed by atoms with van der Waals surface area (Å²) in [6.07, 6.45) is 0.943. The van der Waals surface area contributed by atoms with Gasteiger partial charge in [0.15, 0.2) is 0 Å². The lowest BCUT2D eigenvalue weighted by Crippen LogP contribution is -2.03. The lowest BCUT2D eigenvalue weighted by molar-refractivity contribution is 0.613. The summed E-state index contributed by atoms with van der Waals surface area (Å²) in [6.45, 7) is 2.61. The van der Waals surface area contributed by atoms with Gasteiger partial charge in [-0.2, -0.15) is 0 Å². The molecule has 0 spiro atoms. The molecule has 18 heavy (non-hydrogen) atoms. The highest BCUT2D eigenvalue weighted by molar-refractivity contribution is 9.10. The minimum Gasteiger partial charge on any atom is -0.381 e. The summed E-state index contributed by atoms with van der Waals surface area (Å²) in [5.41, 5.74) is 2.96. The van der Waals surface area contributed by atoms with E-state index in [9.17, 15) is 4.39 Å². The molecule has 2 rings (SSSR count). The molecular weight excluding hydrogens is 293 g/mol.